The molecule has 2 heteroatoms. The van der Waals surface area contributed by atoms with Crippen LogP contribution in [0.3, 0.4) is 0 Å². The van der Waals surface area contributed by atoms with E-state index in [1.54, 1.807) is 0 Å². The highest BCUT2D eigenvalue weighted by atomic mass is 15.1. The topological polar surface area (TPSA) is 15.3 Å². The maximum atomic E-state index is 3.58. The molecule has 0 aromatic carbocycles. The van der Waals surface area contributed by atoms with E-state index in [2.05, 4.69) is 31.0 Å². The lowest BCUT2D eigenvalue weighted by Gasteiger charge is -2.25. The summed E-state index contributed by atoms with van der Waals surface area (Å²) in [4.78, 5) is 2.59. The van der Waals surface area contributed by atoms with Crippen molar-refractivity contribution >= 4 is 0 Å². The Morgan fingerprint density at radius 2 is 1.88 bits per heavy atom. The fourth-order valence-corrected chi connectivity index (χ4v) is 2.16. The average Bonchev–Trinajstić information content (AvgIpc) is 3.12. The normalized spacial score (nSPS) is 16.3. The maximum absolute atomic E-state index is 3.58. The van der Waals surface area contributed by atoms with Gasteiger partial charge in [0.05, 0.1) is 0 Å². The molecule has 0 aliphatic heterocycles. The van der Waals surface area contributed by atoms with Crippen LogP contribution in [0.5, 0.6) is 0 Å². The van der Waals surface area contributed by atoms with Gasteiger partial charge in [0.25, 0.3) is 0 Å². The summed E-state index contributed by atoms with van der Waals surface area (Å²) in [6.07, 6.45) is 5.56. The molecule has 0 heterocycles. The Morgan fingerprint density at radius 1 is 1.19 bits per heavy atom. The molecule has 0 aromatic heterocycles. The van der Waals surface area contributed by atoms with Gasteiger partial charge in [-0.05, 0) is 37.8 Å². The van der Waals surface area contributed by atoms with Gasteiger partial charge in [0, 0.05) is 19.6 Å². The minimum Gasteiger partial charge on any atom is -0.315 e. The van der Waals surface area contributed by atoms with Gasteiger partial charge in [0.2, 0.25) is 0 Å². The van der Waals surface area contributed by atoms with Crippen molar-refractivity contribution in [1.82, 2.24) is 10.2 Å². The second-order valence-electron chi connectivity index (χ2n) is 5.22. The second kappa shape index (κ2) is 8.08. The Kier molecular flexibility index (Phi) is 7.06. The molecule has 1 rings (SSSR count). The lowest BCUT2D eigenvalue weighted by atomic mass is 10.0. The van der Waals surface area contributed by atoms with Crippen molar-refractivity contribution in [1.29, 1.82) is 0 Å². The molecule has 0 radical (unpaired) electrons. The first-order valence-electron chi connectivity index (χ1n) is 7.23. The lowest BCUT2D eigenvalue weighted by Crippen LogP contribution is -2.35. The predicted octanol–water partition coefficient (Wildman–Crippen LogP) is 2.74. The summed E-state index contributed by atoms with van der Waals surface area (Å²) >= 11 is 0. The Labute approximate surface area is 102 Å². The SMILES string of the molecule is CCC(CC)CN(CC)CCNCC1CC1. The summed E-state index contributed by atoms with van der Waals surface area (Å²) in [5.74, 6) is 1.90. The Morgan fingerprint density at radius 3 is 2.38 bits per heavy atom. The van der Waals surface area contributed by atoms with Crippen molar-refractivity contribution < 1.29 is 0 Å². The Bertz CT molecular complexity index is 162. The van der Waals surface area contributed by atoms with Gasteiger partial charge in [-0.1, -0.05) is 33.6 Å². The summed E-state index contributed by atoms with van der Waals surface area (Å²) in [6.45, 7) is 13.0. The molecule has 1 aliphatic rings. The molecule has 2 nitrogen and oxygen atoms in total. The second-order valence-corrected chi connectivity index (χ2v) is 5.22. The van der Waals surface area contributed by atoms with Gasteiger partial charge in [-0.3, -0.25) is 0 Å². The Hall–Kier alpha value is -0.0800. The first-order chi connectivity index (χ1) is 7.80. The van der Waals surface area contributed by atoms with E-state index in [0.717, 1.165) is 11.8 Å². The van der Waals surface area contributed by atoms with Gasteiger partial charge in [-0.25, -0.2) is 0 Å². The zero-order valence-electron chi connectivity index (χ0n) is 11.5. The van der Waals surface area contributed by atoms with Gasteiger partial charge < -0.3 is 10.2 Å². The van der Waals surface area contributed by atoms with Crippen molar-refractivity contribution in [3.8, 4) is 0 Å². The van der Waals surface area contributed by atoms with E-state index in [9.17, 15) is 0 Å². The van der Waals surface area contributed by atoms with Crippen LogP contribution in [0, 0.1) is 11.8 Å². The molecular weight excluding hydrogens is 196 g/mol. The average molecular weight is 226 g/mol. The molecule has 0 atom stereocenters. The van der Waals surface area contributed by atoms with Crippen LogP contribution in [0.25, 0.3) is 0 Å². The minimum absolute atomic E-state index is 0.892. The minimum atomic E-state index is 0.892. The van der Waals surface area contributed by atoms with Crippen LogP contribution in [0.4, 0.5) is 0 Å². The van der Waals surface area contributed by atoms with Crippen molar-refractivity contribution in [2.24, 2.45) is 11.8 Å². The zero-order chi connectivity index (χ0) is 11.8. The standard InChI is InChI=1S/C14H30N2/c1-4-13(5-2)12-16(6-3)10-9-15-11-14-7-8-14/h13-15H,4-12H2,1-3H3. The summed E-state index contributed by atoms with van der Waals surface area (Å²) < 4.78 is 0. The number of hydrogen-bond acceptors (Lipinski definition) is 2. The molecule has 96 valence electrons. The van der Waals surface area contributed by atoms with Crippen LogP contribution < -0.4 is 5.32 Å². The molecule has 1 aliphatic carbocycles. The van der Waals surface area contributed by atoms with Crippen LogP contribution in [0.15, 0.2) is 0 Å². The molecule has 1 N–H and O–H groups in total. The van der Waals surface area contributed by atoms with Crippen LogP contribution in [-0.2, 0) is 0 Å². The highest BCUT2D eigenvalue weighted by Gasteiger charge is 2.20. The number of rotatable bonds is 10. The molecule has 0 unspecified atom stereocenters. The van der Waals surface area contributed by atoms with Crippen LogP contribution in [0.2, 0.25) is 0 Å². The number of likely N-dealkylation sites (N-methyl/N-ethyl adjacent to an activating group) is 1. The van der Waals surface area contributed by atoms with E-state index < -0.39 is 0 Å². The fraction of sp³-hybridized carbons (Fsp3) is 1.00. The van der Waals surface area contributed by atoms with Gasteiger partial charge in [-0.2, -0.15) is 0 Å². The molecule has 1 fully saturated rings. The molecule has 0 saturated heterocycles. The molecule has 0 spiro atoms. The largest absolute Gasteiger partial charge is 0.315 e. The Balaban J connectivity index is 2.04. The number of nitrogens with one attached hydrogen (secondary N) is 1. The van der Waals surface area contributed by atoms with Crippen LogP contribution >= 0.6 is 0 Å². The van der Waals surface area contributed by atoms with E-state index in [1.807, 2.05) is 0 Å². The van der Waals surface area contributed by atoms with E-state index in [1.165, 1.54) is 58.4 Å². The molecule has 0 amide bonds. The maximum Gasteiger partial charge on any atom is 0.0107 e. The van der Waals surface area contributed by atoms with E-state index in [0.29, 0.717) is 0 Å². The van der Waals surface area contributed by atoms with E-state index in [4.69, 9.17) is 0 Å². The van der Waals surface area contributed by atoms with Crippen LogP contribution in [-0.4, -0.2) is 37.6 Å². The summed E-state index contributed by atoms with van der Waals surface area (Å²) in [5.41, 5.74) is 0. The molecule has 0 aromatic rings. The van der Waals surface area contributed by atoms with Crippen molar-refractivity contribution in [3.63, 3.8) is 0 Å². The lowest BCUT2D eigenvalue weighted by molar-refractivity contribution is 0.233. The summed E-state index contributed by atoms with van der Waals surface area (Å²) in [5, 5.41) is 3.58. The quantitative estimate of drug-likeness (QED) is 0.576. The molecular formula is C14H30N2. The van der Waals surface area contributed by atoms with E-state index >= 15 is 0 Å². The van der Waals surface area contributed by atoms with Crippen molar-refractivity contribution in [2.45, 2.75) is 46.5 Å². The van der Waals surface area contributed by atoms with Crippen molar-refractivity contribution in [2.75, 3.05) is 32.7 Å². The number of nitrogens with zero attached hydrogens (tertiary/aromatic N) is 1. The molecule has 16 heavy (non-hydrogen) atoms. The smallest absolute Gasteiger partial charge is 0.0107 e. The highest BCUT2D eigenvalue weighted by molar-refractivity contribution is 4.75. The van der Waals surface area contributed by atoms with E-state index in [-0.39, 0.29) is 0 Å². The third-order valence-electron chi connectivity index (χ3n) is 3.85. The van der Waals surface area contributed by atoms with Gasteiger partial charge in [0.15, 0.2) is 0 Å². The zero-order valence-corrected chi connectivity index (χ0v) is 11.5. The van der Waals surface area contributed by atoms with Gasteiger partial charge in [-0.15, -0.1) is 0 Å². The first-order valence-corrected chi connectivity index (χ1v) is 7.23. The first kappa shape index (κ1) is 14.0. The van der Waals surface area contributed by atoms with Gasteiger partial charge in [0.1, 0.15) is 0 Å². The third kappa shape index (κ3) is 5.86. The van der Waals surface area contributed by atoms with Crippen LogP contribution in [0.1, 0.15) is 46.5 Å². The summed E-state index contributed by atoms with van der Waals surface area (Å²) in [6, 6.07) is 0. The predicted molar refractivity (Wildman–Crippen MR) is 71.8 cm³/mol. The van der Waals surface area contributed by atoms with Crippen molar-refractivity contribution in [3.05, 3.63) is 0 Å². The highest BCUT2D eigenvalue weighted by Crippen LogP contribution is 2.27. The number of hydrogen-bond donors (Lipinski definition) is 1. The van der Waals surface area contributed by atoms with Gasteiger partial charge >= 0.3 is 0 Å². The molecule has 0 bridgehead atoms. The summed E-state index contributed by atoms with van der Waals surface area (Å²) in [7, 11) is 0. The monoisotopic (exact) mass is 226 g/mol. The third-order valence-corrected chi connectivity index (χ3v) is 3.85. The molecule has 1 saturated carbocycles. The fourth-order valence-electron chi connectivity index (χ4n) is 2.16.